The lowest BCUT2D eigenvalue weighted by molar-refractivity contribution is 1.68. The summed E-state index contributed by atoms with van der Waals surface area (Å²) in [5.41, 5.74) is 2.60. The quantitative estimate of drug-likeness (QED) is 0.497. The summed E-state index contributed by atoms with van der Waals surface area (Å²) in [6.07, 6.45) is 4.15. The van der Waals surface area contributed by atoms with E-state index in [0.29, 0.717) is 0 Å². The van der Waals surface area contributed by atoms with Gasteiger partial charge in [0.2, 0.25) is 0 Å². The van der Waals surface area contributed by atoms with Crippen molar-refractivity contribution in [3.05, 3.63) is 35.9 Å². The normalized spacial score (nSPS) is 10.5. The molecule has 0 bridgehead atoms. The highest BCUT2D eigenvalue weighted by Crippen LogP contribution is 1.97. The third-order valence-corrected chi connectivity index (χ3v) is 1.40. The summed E-state index contributed by atoms with van der Waals surface area (Å²) in [6, 6.07) is 8.45. The van der Waals surface area contributed by atoms with Crippen LogP contribution in [0.1, 0.15) is 12.5 Å². The van der Waals surface area contributed by atoms with Crippen molar-refractivity contribution in [2.24, 2.45) is 0 Å². The predicted molar refractivity (Wildman–Crippen MR) is 49.3 cm³/mol. The van der Waals surface area contributed by atoms with E-state index in [1.807, 2.05) is 6.92 Å². The van der Waals surface area contributed by atoms with Crippen LogP contribution in [0.2, 0.25) is 0 Å². The molecule has 0 spiro atoms. The highest BCUT2D eigenvalue weighted by atomic mass is 13.9. The highest BCUT2D eigenvalue weighted by molar-refractivity contribution is 6.32. The molecule has 0 aliphatic rings. The molecule has 10 heavy (non-hydrogen) atoms. The molecule has 0 saturated heterocycles. The first-order chi connectivity index (χ1) is 4.83. The predicted octanol–water partition coefficient (Wildman–Crippen LogP) is 0.978. The van der Waals surface area contributed by atoms with E-state index in [1.165, 1.54) is 11.0 Å². The van der Waals surface area contributed by atoms with Crippen LogP contribution in [-0.2, 0) is 0 Å². The lowest BCUT2D eigenvalue weighted by Gasteiger charge is -1.93. The van der Waals surface area contributed by atoms with Crippen LogP contribution in [-0.4, -0.2) is 7.85 Å². The molecule has 0 saturated carbocycles. The maximum Gasteiger partial charge on any atom is 0.139 e. The lowest BCUT2D eigenvalue weighted by Crippen LogP contribution is -1.99. The Morgan fingerprint density at radius 3 is 2.80 bits per heavy atom. The molecule has 0 fully saturated rings. The van der Waals surface area contributed by atoms with Crippen LogP contribution in [0.3, 0.4) is 0 Å². The second-order valence-electron chi connectivity index (χ2n) is 2.41. The van der Waals surface area contributed by atoms with Gasteiger partial charge in [-0.15, -0.1) is 0 Å². The molecule has 50 valence electrons. The minimum atomic E-state index is 1.28. The summed E-state index contributed by atoms with van der Waals surface area (Å²) < 4.78 is 0. The van der Waals surface area contributed by atoms with Crippen LogP contribution < -0.4 is 5.46 Å². The molecule has 0 N–H and O–H groups in total. The van der Waals surface area contributed by atoms with Crippen LogP contribution in [0.25, 0.3) is 6.08 Å². The Hall–Kier alpha value is -0.975. The molecule has 0 heterocycles. The van der Waals surface area contributed by atoms with Gasteiger partial charge < -0.3 is 0 Å². The van der Waals surface area contributed by atoms with Gasteiger partial charge in [0.1, 0.15) is 7.85 Å². The van der Waals surface area contributed by atoms with Gasteiger partial charge in [-0.2, -0.15) is 0 Å². The first-order valence-corrected chi connectivity index (χ1v) is 3.52. The van der Waals surface area contributed by atoms with E-state index in [-0.39, 0.29) is 0 Å². The fourth-order valence-corrected chi connectivity index (χ4v) is 0.966. The molecule has 0 nitrogen and oxygen atoms in total. The van der Waals surface area contributed by atoms with Gasteiger partial charge in [-0.1, -0.05) is 41.9 Å². The molecule has 1 rings (SSSR count). The summed E-state index contributed by atoms with van der Waals surface area (Å²) >= 11 is 0. The van der Waals surface area contributed by atoms with Crippen LogP contribution in [0.5, 0.6) is 0 Å². The Labute approximate surface area is 63.0 Å². The van der Waals surface area contributed by atoms with Crippen molar-refractivity contribution >= 4 is 19.4 Å². The summed E-state index contributed by atoms with van der Waals surface area (Å²) in [5.74, 6) is 0. The monoisotopic (exact) mass is 130 g/mol. The molecule has 1 aromatic carbocycles. The molecular formula is C9H11B. The third kappa shape index (κ3) is 1.76. The second-order valence-corrected chi connectivity index (χ2v) is 2.41. The molecule has 0 atom stereocenters. The fraction of sp³-hybridized carbons (Fsp3) is 0.111. The maximum atomic E-state index is 2.17. The van der Waals surface area contributed by atoms with E-state index in [1.54, 1.807) is 0 Å². The molecule has 0 amide bonds. The van der Waals surface area contributed by atoms with Crippen molar-refractivity contribution in [1.82, 2.24) is 0 Å². The van der Waals surface area contributed by atoms with E-state index < -0.39 is 0 Å². The molecule has 1 aromatic rings. The van der Waals surface area contributed by atoms with Gasteiger partial charge in [0.15, 0.2) is 0 Å². The number of benzene rings is 1. The van der Waals surface area contributed by atoms with Crippen LogP contribution >= 0.6 is 0 Å². The summed E-state index contributed by atoms with van der Waals surface area (Å²) in [7, 11) is 2.10. The SMILES string of the molecule is Bc1cccc(/C=C\C)c1. The molecular weight excluding hydrogens is 119 g/mol. The molecule has 0 unspecified atom stereocenters. The van der Waals surface area contributed by atoms with Gasteiger partial charge in [-0.3, -0.25) is 0 Å². The Kier molecular flexibility index (Phi) is 2.32. The Morgan fingerprint density at radius 1 is 1.40 bits per heavy atom. The second kappa shape index (κ2) is 3.26. The van der Waals surface area contributed by atoms with Crippen LogP contribution in [0.15, 0.2) is 30.3 Å². The van der Waals surface area contributed by atoms with E-state index in [9.17, 15) is 0 Å². The van der Waals surface area contributed by atoms with Crippen LogP contribution in [0, 0.1) is 0 Å². The topological polar surface area (TPSA) is 0 Å². The fourth-order valence-electron chi connectivity index (χ4n) is 0.966. The number of rotatable bonds is 1. The highest BCUT2D eigenvalue weighted by Gasteiger charge is 1.84. The van der Waals surface area contributed by atoms with Crippen molar-refractivity contribution in [1.29, 1.82) is 0 Å². The summed E-state index contributed by atoms with van der Waals surface area (Å²) in [6.45, 7) is 2.03. The van der Waals surface area contributed by atoms with Gasteiger partial charge in [0.25, 0.3) is 0 Å². The smallest absolute Gasteiger partial charge is 0.0884 e. The van der Waals surface area contributed by atoms with Gasteiger partial charge in [0, 0.05) is 0 Å². The summed E-state index contributed by atoms with van der Waals surface area (Å²) in [5, 5.41) is 0. The van der Waals surface area contributed by atoms with Gasteiger partial charge in [-0.25, -0.2) is 0 Å². The largest absolute Gasteiger partial charge is 0.139 e. The van der Waals surface area contributed by atoms with Gasteiger partial charge in [-0.05, 0) is 12.5 Å². The first-order valence-electron chi connectivity index (χ1n) is 3.52. The minimum absolute atomic E-state index is 1.28. The molecule has 0 radical (unpaired) electrons. The zero-order valence-electron chi connectivity index (χ0n) is 6.46. The van der Waals surface area contributed by atoms with Crippen molar-refractivity contribution in [2.45, 2.75) is 6.92 Å². The van der Waals surface area contributed by atoms with E-state index in [2.05, 4.69) is 44.3 Å². The number of hydrogen-bond acceptors (Lipinski definition) is 0. The number of allylic oxidation sites excluding steroid dienone is 1. The number of hydrogen-bond donors (Lipinski definition) is 0. The first kappa shape index (κ1) is 7.14. The van der Waals surface area contributed by atoms with E-state index >= 15 is 0 Å². The molecule has 0 aliphatic heterocycles. The van der Waals surface area contributed by atoms with E-state index in [4.69, 9.17) is 0 Å². The zero-order chi connectivity index (χ0) is 7.40. The van der Waals surface area contributed by atoms with Crippen molar-refractivity contribution in [2.75, 3.05) is 0 Å². The maximum absolute atomic E-state index is 2.17. The van der Waals surface area contributed by atoms with Crippen molar-refractivity contribution < 1.29 is 0 Å². The Bertz CT molecular complexity index is 238. The Balaban J connectivity index is 2.95. The molecule has 0 aromatic heterocycles. The summed E-state index contributed by atoms with van der Waals surface area (Å²) in [4.78, 5) is 0. The molecule has 0 aliphatic carbocycles. The van der Waals surface area contributed by atoms with Gasteiger partial charge in [0.05, 0.1) is 0 Å². The van der Waals surface area contributed by atoms with Crippen molar-refractivity contribution in [3.8, 4) is 0 Å². The average molecular weight is 130 g/mol. The Morgan fingerprint density at radius 2 is 2.20 bits per heavy atom. The van der Waals surface area contributed by atoms with E-state index in [0.717, 1.165) is 0 Å². The van der Waals surface area contributed by atoms with Crippen molar-refractivity contribution in [3.63, 3.8) is 0 Å². The van der Waals surface area contributed by atoms with Gasteiger partial charge >= 0.3 is 0 Å². The average Bonchev–Trinajstić information content (AvgIpc) is 1.88. The third-order valence-electron chi connectivity index (χ3n) is 1.40. The zero-order valence-corrected chi connectivity index (χ0v) is 6.46. The molecule has 1 heteroatoms. The minimum Gasteiger partial charge on any atom is -0.0884 e. The lowest BCUT2D eigenvalue weighted by atomic mass is 9.94. The standard InChI is InChI=1S/C9H11B/c1-2-4-8-5-3-6-9(10)7-8/h2-7H,10H2,1H3/b4-2-. The van der Waals surface area contributed by atoms with Crippen LogP contribution in [0.4, 0.5) is 0 Å².